The Kier molecular flexibility index (Phi) is 30.6. The minimum Gasteiger partial charge on any atom is -0.481 e. The molecular weight excluding hydrogens is 1560 g/mol. The van der Waals surface area contributed by atoms with E-state index in [1.54, 1.807) is 67.8 Å². The highest BCUT2D eigenvalue weighted by molar-refractivity contribution is 5.99. The Morgan fingerprint density at radius 2 is 0.750 bits per heavy atom. The Morgan fingerprint density at radius 3 is 1.09 bits per heavy atom. The van der Waals surface area contributed by atoms with Crippen LogP contribution in [0.25, 0.3) is 0 Å². The molecule has 0 aromatic heterocycles. The molecule has 4 amide bonds. The van der Waals surface area contributed by atoms with Crippen LogP contribution in [0, 0.1) is 56.0 Å². The first-order valence-electron chi connectivity index (χ1n) is 41.3. The molecule has 18 nitrogen and oxygen atoms in total. The van der Waals surface area contributed by atoms with Crippen molar-refractivity contribution < 1.29 is 88.3 Å². The van der Waals surface area contributed by atoms with Crippen LogP contribution < -0.4 is 27.0 Å². The molecule has 3 heterocycles. The average molecular weight is 1670 g/mol. The van der Waals surface area contributed by atoms with Gasteiger partial charge in [0.25, 0.3) is 17.7 Å². The van der Waals surface area contributed by atoms with Crippen molar-refractivity contribution in [3.05, 3.63) is 254 Å². The van der Waals surface area contributed by atoms with Crippen molar-refractivity contribution >= 4 is 64.0 Å². The number of likely N-dealkylation sites (tertiary alicyclic amines) is 3. The van der Waals surface area contributed by atoms with Gasteiger partial charge < -0.3 is 61.8 Å². The lowest BCUT2D eigenvalue weighted by molar-refractivity contribution is -0.152. The second-order valence-electron chi connectivity index (χ2n) is 31.8. The zero-order chi connectivity index (χ0) is 86.1. The minimum absolute atomic E-state index is 0.0260. The number of amides is 4. The van der Waals surface area contributed by atoms with E-state index in [1.165, 1.54) is 92.7 Å². The van der Waals surface area contributed by atoms with Gasteiger partial charge in [0, 0.05) is 66.2 Å². The molecule has 3 aliphatic carbocycles. The number of aliphatic hydroxyl groups excluding tert-OH is 2. The molecule has 120 heavy (non-hydrogen) atoms. The van der Waals surface area contributed by atoms with Gasteiger partial charge in [0.2, 0.25) is 5.91 Å². The number of ether oxygens (including phenoxy) is 1. The number of aliphatic carboxylic acids is 1. The Labute approximate surface area is 693 Å². The number of esters is 1. The highest BCUT2D eigenvalue weighted by atomic mass is 19.4. The SMILES string of the molecule is CCOC(=O)[C@H]1CCCN(C(=O)c2c(C)cccc2F)C1c1ccc(NC2CCCC2)cc1.Cc1cccc(F)c1C(=O)N1CCC[C@H](C(=O)Nc2ccc(CO)c(C(F)(F)F)c2)[C@@H]1c1ccc(NC2CCCC2)cc1.Cc1cccc(F)c1C(=O)N1CCC[C@H](C(=O)O)[C@@H]1c1ccc(NC2CCCC2)cc1.Nc1ccc(CO)c(C(F)(F)F)c1. The van der Waals surface area contributed by atoms with Gasteiger partial charge in [-0.25, -0.2) is 13.2 Å². The molecule has 14 rings (SSSR count). The number of aliphatic hydroxyl groups is 2. The zero-order valence-corrected chi connectivity index (χ0v) is 67.8. The van der Waals surface area contributed by atoms with E-state index >= 15 is 0 Å². The average Bonchev–Trinajstić information content (AvgIpc) is 0.869. The van der Waals surface area contributed by atoms with Crippen LogP contribution >= 0.6 is 0 Å². The standard InChI is InChI=1S/C33H35F4N3O3.C27H33FN2O3.C25H29FN2O3.C8H8F3NO/c1-20-6-4-10-28(34)29(20)32(43)40-17-5-9-26(30(40)21-11-14-24(15-12-21)38-23-7-2-3-8-23)31(42)39-25-16-13-22(19-41)27(18-25)33(35,36)37;1-3-33-27(32)22-11-7-17-30(26(31)24-18(2)8-6-12-23(24)28)25(22)19-13-15-21(16-14-19)29-20-9-4-5-10-20;1-16-6-4-10-21(26)22(16)24(29)28-15-5-9-20(25(30)31)23(28)17-11-13-19(14-12-17)27-18-7-2-3-8-18;9-8(10,11)7-3-6(12)2-1-5(7)4-13/h4,6,10-16,18,23,26,30,38,41H,2-3,5,7-9,17,19H2,1H3,(H,39,42);6,8,12-16,20,22,25,29H,3-5,7,9-11,17H2,1-2H3;4,6,10-14,18,20,23,27H,2-3,5,7-9,15H2,1H3,(H,30,31);1-3,13H,4,12H2/t26-,30-;22-,25?;20-,23-;/m000./s1. The molecule has 3 saturated heterocycles. The van der Waals surface area contributed by atoms with Crippen molar-refractivity contribution in [2.45, 2.75) is 205 Å². The highest BCUT2D eigenvalue weighted by Crippen LogP contribution is 2.44. The van der Waals surface area contributed by atoms with Gasteiger partial charge in [-0.3, -0.25) is 28.8 Å². The number of benzene rings is 8. The number of carboxylic acids is 1. The molecule has 3 saturated carbocycles. The highest BCUT2D eigenvalue weighted by Gasteiger charge is 2.45. The maximum atomic E-state index is 14.9. The van der Waals surface area contributed by atoms with Gasteiger partial charge in [-0.05, 0) is 228 Å². The number of nitrogens with one attached hydrogen (secondary N) is 4. The first-order chi connectivity index (χ1) is 57.5. The minimum atomic E-state index is -4.72. The number of piperidine rings is 3. The number of rotatable bonds is 19. The van der Waals surface area contributed by atoms with Crippen LogP contribution in [0.4, 0.5) is 68.0 Å². The molecule has 27 heteroatoms. The van der Waals surface area contributed by atoms with E-state index in [9.17, 15) is 78.5 Å². The number of carboxylic acid groups (broad SMARTS) is 1. The quantitative estimate of drug-likeness (QED) is 0.0213. The van der Waals surface area contributed by atoms with Gasteiger partial charge in [-0.1, -0.05) is 123 Å². The Bertz CT molecular complexity index is 4800. The van der Waals surface area contributed by atoms with E-state index in [2.05, 4.69) is 21.3 Å². The summed E-state index contributed by atoms with van der Waals surface area (Å²) in [6, 6.07) is 42.8. The van der Waals surface area contributed by atoms with Crippen LogP contribution in [-0.2, 0) is 44.7 Å². The topological polar surface area (TPSA) is 256 Å². The maximum Gasteiger partial charge on any atom is 0.416 e. The Balaban J connectivity index is 0.000000166. The largest absolute Gasteiger partial charge is 0.481 e. The van der Waals surface area contributed by atoms with E-state index in [1.807, 2.05) is 72.8 Å². The first-order valence-corrected chi connectivity index (χ1v) is 41.3. The van der Waals surface area contributed by atoms with E-state index < -0.39 is 114 Å². The molecule has 6 fully saturated rings. The number of carbonyl (C=O) groups is 6. The molecule has 640 valence electrons. The third-order valence-corrected chi connectivity index (χ3v) is 23.6. The summed E-state index contributed by atoms with van der Waals surface area (Å²) in [7, 11) is 0. The van der Waals surface area contributed by atoms with E-state index in [-0.39, 0.29) is 64.2 Å². The summed E-state index contributed by atoms with van der Waals surface area (Å²) in [5, 5.41) is 41.1. The predicted molar refractivity (Wildman–Crippen MR) is 442 cm³/mol. The number of hydrogen-bond acceptors (Lipinski definition) is 13. The van der Waals surface area contributed by atoms with Gasteiger partial charge in [0.1, 0.15) is 17.5 Å². The monoisotopic (exact) mass is 1660 g/mol. The molecule has 0 bridgehead atoms. The number of carbonyl (C=O) groups excluding carboxylic acids is 5. The van der Waals surface area contributed by atoms with Gasteiger partial charge >= 0.3 is 24.3 Å². The Morgan fingerprint density at radius 1 is 0.425 bits per heavy atom. The normalized spacial score (nSPS) is 19.6. The lowest BCUT2D eigenvalue weighted by Gasteiger charge is -2.41. The van der Waals surface area contributed by atoms with E-state index in [0.717, 1.165) is 78.1 Å². The van der Waals surface area contributed by atoms with Crippen LogP contribution in [0.5, 0.6) is 0 Å². The van der Waals surface area contributed by atoms with Crippen molar-refractivity contribution in [3.8, 4) is 0 Å². The van der Waals surface area contributed by atoms with Crippen molar-refractivity contribution in [2.24, 2.45) is 17.8 Å². The number of nitrogens with zero attached hydrogens (tertiary/aromatic N) is 3. The number of halogens is 9. The van der Waals surface area contributed by atoms with Gasteiger partial charge in [0.05, 0.1) is 83.5 Å². The van der Waals surface area contributed by atoms with Crippen LogP contribution in [-0.4, -0.2) is 110 Å². The summed E-state index contributed by atoms with van der Waals surface area (Å²) in [6.07, 6.45) is 8.21. The fourth-order valence-electron chi connectivity index (χ4n) is 17.6. The van der Waals surface area contributed by atoms with Crippen LogP contribution in [0.2, 0.25) is 0 Å². The number of anilines is 5. The molecule has 0 spiro atoms. The smallest absolute Gasteiger partial charge is 0.416 e. The van der Waals surface area contributed by atoms with E-state index in [0.29, 0.717) is 92.0 Å². The fraction of sp³-hybridized carbons (Fsp3) is 0.419. The summed E-state index contributed by atoms with van der Waals surface area (Å²) in [6.45, 7) is 6.87. The summed E-state index contributed by atoms with van der Waals surface area (Å²) in [5.41, 5.74) is 9.69. The second-order valence-corrected chi connectivity index (χ2v) is 31.8. The van der Waals surface area contributed by atoms with Crippen LogP contribution in [0.1, 0.15) is 227 Å². The van der Waals surface area contributed by atoms with Crippen molar-refractivity contribution in [2.75, 3.05) is 53.2 Å². The van der Waals surface area contributed by atoms with Crippen molar-refractivity contribution in [1.29, 1.82) is 0 Å². The summed E-state index contributed by atoms with van der Waals surface area (Å²) in [4.78, 5) is 84.2. The summed E-state index contributed by atoms with van der Waals surface area (Å²) < 4.78 is 127. The van der Waals surface area contributed by atoms with Gasteiger partial charge in [0.15, 0.2) is 0 Å². The van der Waals surface area contributed by atoms with Crippen LogP contribution in [0.3, 0.4) is 0 Å². The molecule has 8 aromatic rings. The molecular formula is C93H105F9N8O10. The number of nitrogen functional groups attached to an aromatic ring is 1. The number of alkyl halides is 6. The lowest BCUT2D eigenvalue weighted by atomic mass is 9.83. The van der Waals surface area contributed by atoms with Gasteiger partial charge in [-0.2, -0.15) is 26.3 Å². The maximum absolute atomic E-state index is 14.9. The zero-order valence-electron chi connectivity index (χ0n) is 67.8. The van der Waals surface area contributed by atoms with Crippen molar-refractivity contribution in [3.63, 3.8) is 0 Å². The Hall–Kier alpha value is -10.9. The van der Waals surface area contributed by atoms with Crippen LogP contribution in [0.15, 0.2) is 164 Å². The summed E-state index contributed by atoms with van der Waals surface area (Å²) >= 11 is 0. The third-order valence-electron chi connectivity index (χ3n) is 23.6. The molecule has 8 aromatic carbocycles. The lowest BCUT2D eigenvalue weighted by Crippen LogP contribution is -2.46. The van der Waals surface area contributed by atoms with Gasteiger partial charge in [-0.15, -0.1) is 0 Å². The molecule has 9 N–H and O–H groups in total. The van der Waals surface area contributed by atoms with E-state index in [4.69, 9.17) is 15.6 Å². The molecule has 3 aliphatic heterocycles. The molecule has 6 atom stereocenters. The first kappa shape index (κ1) is 89.8. The predicted octanol–water partition coefficient (Wildman–Crippen LogP) is 19.8. The summed E-state index contributed by atoms with van der Waals surface area (Å²) in [5.74, 6) is -6.94. The van der Waals surface area contributed by atoms with Crippen molar-refractivity contribution in [1.82, 2.24) is 14.7 Å². The second kappa shape index (κ2) is 40.9. The number of nitrogens with two attached hydrogens (primary N) is 1. The fourth-order valence-corrected chi connectivity index (χ4v) is 17.6. The number of aryl methyl sites for hydroxylation is 3. The third kappa shape index (κ3) is 22.2. The number of hydrogen-bond donors (Lipinski definition) is 8. The molecule has 0 radical (unpaired) electrons. The molecule has 6 aliphatic rings. The molecule has 1 unspecified atom stereocenters.